The minimum absolute atomic E-state index is 0.251. The molecule has 15 heavy (non-hydrogen) atoms. The Kier molecular flexibility index (Phi) is 3.38. The fourth-order valence-corrected chi connectivity index (χ4v) is 2.14. The molecule has 84 valence electrons. The number of hydrogen-bond donors (Lipinski definition) is 2. The molecule has 1 fully saturated rings. The maximum Gasteiger partial charge on any atom is 0.0749 e. The standard InChI is InChI=1S/C11H19N3O/c1-14-7-5-9(13-14)8-11(15)10-4-2-3-6-12-10/h5,7,10-12,15H,2-4,6,8H2,1H3. The zero-order chi connectivity index (χ0) is 10.7. The molecule has 0 aromatic carbocycles. The van der Waals surface area contributed by atoms with Crippen molar-refractivity contribution in [2.75, 3.05) is 6.54 Å². The molecule has 2 rings (SSSR count). The number of aromatic nitrogens is 2. The van der Waals surface area contributed by atoms with Crippen molar-refractivity contribution < 1.29 is 5.11 Å². The minimum Gasteiger partial charge on any atom is -0.391 e. The normalized spacial score (nSPS) is 24.0. The van der Waals surface area contributed by atoms with E-state index >= 15 is 0 Å². The summed E-state index contributed by atoms with van der Waals surface area (Å²) in [4.78, 5) is 0. The molecule has 4 heteroatoms. The van der Waals surface area contributed by atoms with Crippen molar-refractivity contribution in [1.29, 1.82) is 0 Å². The number of piperidine rings is 1. The van der Waals surface area contributed by atoms with Crippen LogP contribution in [0.25, 0.3) is 0 Å². The molecule has 1 aromatic rings. The second-order valence-corrected chi connectivity index (χ2v) is 4.31. The second-order valence-electron chi connectivity index (χ2n) is 4.31. The second kappa shape index (κ2) is 4.77. The van der Waals surface area contributed by atoms with Crippen LogP contribution in [0.5, 0.6) is 0 Å². The van der Waals surface area contributed by atoms with Gasteiger partial charge in [0.1, 0.15) is 0 Å². The van der Waals surface area contributed by atoms with Crippen LogP contribution in [-0.4, -0.2) is 33.6 Å². The summed E-state index contributed by atoms with van der Waals surface area (Å²) in [7, 11) is 1.90. The number of nitrogens with one attached hydrogen (secondary N) is 1. The third-order valence-electron chi connectivity index (χ3n) is 3.00. The summed E-state index contributed by atoms with van der Waals surface area (Å²) in [6.07, 6.45) is 5.78. The van der Waals surface area contributed by atoms with Gasteiger partial charge in [-0.15, -0.1) is 0 Å². The lowest BCUT2D eigenvalue weighted by atomic mass is 9.97. The van der Waals surface area contributed by atoms with E-state index in [1.54, 1.807) is 4.68 Å². The van der Waals surface area contributed by atoms with E-state index in [2.05, 4.69) is 10.4 Å². The first-order valence-corrected chi connectivity index (χ1v) is 5.65. The fourth-order valence-electron chi connectivity index (χ4n) is 2.14. The first kappa shape index (κ1) is 10.6. The van der Waals surface area contributed by atoms with E-state index in [-0.39, 0.29) is 12.1 Å². The fraction of sp³-hybridized carbons (Fsp3) is 0.727. The van der Waals surface area contributed by atoms with E-state index < -0.39 is 0 Å². The van der Waals surface area contributed by atoms with Crippen LogP contribution >= 0.6 is 0 Å². The molecular formula is C11H19N3O. The number of nitrogens with zero attached hydrogens (tertiary/aromatic N) is 2. The molecular weight excluding hydrogens is 190 g/mol. The lowest BCUT2D eigenvalue weighted by Crippen LogP contribution is -2.44. The lowest BCUT2D eigenvalue weighted by Gasteiger charge is -2.27. The smallest absolute Gasteiger partial charge is 0.0749 e. The monoisotopic (exact) mass is 209 g/mol. The topological polar surface area (TPSA) is 50.1 Å². The van der Waals surface area contributed by atoms with E-state index in [0.717, 1.165) is 18.7 Å². The molecule has 0 spiro atoms. The molecule has 0 radical (unpaired) electrons. The number of aryl methyl sites for hydroxylation is 1. The molecule has 2 heterocycles. The number of aliphatic hydroxyl groups is 1. The average Bonchev–Trinajstić information content (AvgIpc) is 2.65. The van der Waals surface area contributed by atoms with E-state index in [1.807, 2.05) is 19.3 Å². The van der Waals surface area contributed by atoms with Gasteiger partial charge in [0.05, 0.1) is 11.8 Å². The van der Waals surface area contributed by atoms with Gasteiger partial charge in [-0.2, -0.15) is 5.10 Å². The third kappa shape index (κ3) is 2.79. The van der Waals surface area contributed by atoms with Crippen LogP contribution in [-0.2, 0) is 13.5 Å². The molecule has 1 aliphatic heterocycles. The van der Waals surface area contributed by atoms with Gasteiger partial charge in [0.25, 0.3) is 0 Å². The highest BCUT2D eigenvalue weighted by atomic mass is 16.3. The maximum absolute atomic E-state index is 10.0. The number of aliphatic hydroxyl groups excluding tert-OH is 1. The molecule has 0 bridgehead atoms. The van der Waals surface area contributed by atoms with E-state index in [9.17, 15) is 5.11 Å². The number of rotatable bonds is 3. The quantitative estimate of drug-likeness (QED) is 0.760. The van der Waals surface area contributed by atoms with Gasteiger partial charge in [0, 0.05) is 25.7 Å². The summed E-state index contributed by atoms with van der Waals surface area (Å²) in [5.41, 5.74) is 0.970. The first-order valence-electron chi connectivity index (χ1n) is 5.65. The van der Waals surface area contributed by atoms with Gasteiger partial charge in [0.15, 0.2) is 0 Å². The Balaban J connectivity index is 1.88. The van der Waals surface area contributed by atoms with Crippen molar-refractivity contribution in [3.05, 3.63) is 18.0 Å². The van der Waals surface area contributed by atoms with Crippen LogP contribution in [0.4, 0.5) is 0 Å². The van der Waals surface area contributed by atoms with Crippen LogP contribution in [0.15, 0.2) is 12.3 Å². The molecule has 4 nitrogen and oxygen atoms in total. The van der Waals surface area contributed by atoms with Crippen molar-refractivity contribution in [2.45, 2.75) is 37.8 Å². The van der Waals surface area contributed by atoms with Gasteiger partial charge >= 0.3 is 0 Å². The van der Waals surface area contributed by atoms with Crippen molar-refractivity contribution in [3.8, 4) is 0 Å². The van der Waals surface area contributed by atoms with Crippen LogP contribution in [0.3, 0.4) is 0 Å². The van der Waals surface area contributed by atoms with Crippen LogP contribution in [0.1, 0.15) is 25.0 Å². The molecule has 1 aromatic heterocycles. The zero-order valence-electron chi connectivity index (χ0n) is 9.19. The Morgan fingerprint density at radius 2 is 2.53 bits per heavy atom. The maximum atomic E-state index is 10.0. The molecule has 1 saturated heterocycles. The van der Waals surface area contributed by atoms with Gasteiger partial charge in [-0.25, -0.2) is 0 Å². The summed E-state index contributed by atoms with van der Waals surface area (Å²) in [5, 5.41) is 17.7. The molecule has 0 aliphatic carbocycles. The molecule has 2 atom stereocenters. The average molecular weight is 209 g/mol. The summed E-state index contributed by atoms with van der Waals surface area (Å²) in [6.45, 7) is 1.03. The molecule has 1 aliphatic rings. The van der Waals surface area contributed by atoms with Gasteiger partial charge in [0.2, 0.25) is 0 Å². The van der Waals surface area contributed by atoms with Gasteiger partial charge < -0.3 is 10.4 Å². The van der Waals surface area contributed by atoms with Crippen LogP contribution in [0, 0.1) is 0 Å². The molecule has 2 N–H and O–H groups in total. The van der Waals surface area contributed by atoms with E-state index in [4.69, 9.17) is 0 Å². The molecule has 0 saturated carbocycles. The number of hydrogen-bond acceptors (Lipinski definition) is 3. The van der Waals surface area contributed by atoms with Crippen molar-refractivity contribution >= 4 is 0 Å². The highest BCUT2D eigenvalue weighted by Crippen LogP contribution is 2.13. The van der Waals surface area contributed by atoms with E-state index in [0.29, 0.717) is 6.42 Å². The van der Waals surface area contributed by atoms with Gasteiger partial charge in [-0.05, 0) is 25.5 Å². The Morgan fingerprint density at radius 1 is 1.67 bits per heavy atom. The Labute approximate surface area is 90.3 Å². The van der Waals surface area contributed by atoms with Crippen LogP contribution < -0.4 is 5.32 Å². The zero-order valence-corrected chi connectivity index (χ0v) is 9.19. The molecule has 2 unspecified atom stereocenters. The van der Waals surface area contributed by atoms with Crippen molar-refractivity contribution in [2.24, 2.45) is 7.05 Å². The summed E-state index contributed by atoms with van der Waals surface area (Å²) in [6, 6.07) is 2.22. The lowest BCUT2D eigenvalue weighted by molar-refractivity contribution is 0.112. The highest BCUT2D eigenvalue weighted by Gasteiger charge is 2.21. The Hall–Kier alpha value is -0.870. The van der Waals surface area contributed by atoms with E-state index in [1.165, 1.54) is 12.8 Å². The summed E-state index contributed by atoms with van der Waals surface area (Å²) >= 11 is 0. The summed E-state index contributed by atoms with van der Waals surface area (Å²) < 4.78 is 1.77. The predicted molar refractivity (Wildman–Crippen MR) is 58.6 cm³/mol. The third-order valence-corrected chi connectivity index (χ3v) is 3.00. The predicted octanol–water partition coefficient (Wildman–Crippen LogP) is 0.466. The van der Waals surface area contributed by atoms with Crippen molar-refractivity contribution in [1.82, 2.24) is 15.1 Å². The highest BCUT2D eigenvalue weighted by molar-refractivity contribution is 5.01. The van der Waals surface area contributed by atoms with Crippen LogP contribution in [0.2, 0.25) is 0 Å². The van der Waals surface area contributed by atoms with Gasteiger partial charge in [-0.1, -0.05) is 6.42 Å². The Bertz CT molecular complexity index is 305. The molecule has 0 amide bonds. The van der Waals surface area contributed by atoms with Crippen molar-refractivity contribution in [3.63, 3.8) is 0 Å². The SMILES string of the molecule is Cn1ccc(CC(O)C2CCCCN2)n1. The summed E-state index contributed by atoms with van der Waals surface area (Å²) in [5.74, 6) is 0. The Morgan fingerprint density at radius 3 is 3.13 bits per heavy atom. The first-order chi connectivity index (χ1) is 7.25. The largest absolute Gasteiger partial charge is 0.391 e. The van der Waals surface area contributed by atoms with Gasteiger partial charge in [-0.3, -0.25) is 4.68 Å². The minimum atomic E-state index is -0.305.